The number of hydrazine groups is 1. The van der Waals surface area contributed by atoms with Gasteiger partial charge in [-0.25, -0.2) is 10.4 Å². The second kappa shape index (κ2) is 10.6. The van der Waals surface area contributed by atoms with E-state index in [1.165, 1.54) is 11.8 Å². The topological polar surface area (TPSA) is 89.5 Å². The molecule has 0 aliphatic carbocycles. The number of halogens is 1. The Morgan fingerprint density at radius 1 is 1.09 bits per heavy atom. The van der Waals surface area contributed by atoms with Gasteiger partial charge in [0.25, 0.3) is 0 Å². The number of carbonyl (C=O) groups excluding carboxylic acids is 2. The van der Waals surface area contributed by atoms with Gasteiger partial charge in [-0.05, 0) is 48.5 Å². The van der Waals surface area contributed by atoms with E-state index in [0.717, 1.165) is 34.7 Å². The molecule has 0 radical (unpaired) electrons. The zero-order chi connectivity index (χ0) is 24.4. The molecule has 2 amide bonds. The maximum Gasteiger partial charge on any atom is 0.241 e. The molecule has 2 aromatic rings. The molecular weight excluding hydrogens is 532 g/mol. The van der Waals surface area contributed by atoms with Crippen molar-refractivity contribution < 1.29 is 14.3 Å². The summed E-state index contributed by atoms with van der Waals surface area (Å²) in [6.07, 6.45) is -0.320. The standard InChI is InChI=1S/C24H27BrN6O3S/c1-34-19-8-6-17(7-9-19)29-10-12-30(13-11-29)21(32)15-35-24-27-22-20(14-26-28-22)23(33)31(24)18-4-2-16(25)3-5-18/h2-9,20,22,26,28H,10-15H2,1H3. The number of amidine groups is 1. The molecule has 3 aliphatic heterocycles. The number of nitrogens with one attached hydrogen (secondary N) is 2. The molecule has 11 heteroatoms. The fourth-order valence-corrected chi connectivity index (χ4v) is 5.63. The molecule has 3 aliphatic rings. The maximum absolute atomic E-state index is 13.3. The van der Waals surface area contributed by atoms with Crippen LogP contribution in [0.2, 0.25) is 0 Å². The van der Waals surface area contributed by atoms with Crippen LogP contribution in [0.4, 0.5) is 11.4 Å². The fourth-order valence-electron chi connectivity index (χ4n) is 4.42. The summed E-state index contributed by atoms with van der Waals surface area (Å²) in [7, 11) is 1.66. The van der Waals surface area contributed by atoms with Crippen molar-refractivity contribution in [2.75, 3.05) is 55.4 Å². The van der Waals surface area contributed by atoms with Crippen LogP contribution in [0.5, 0.6) is 5.75 Å². The highest BCUT2D eigenvalue weighted by molar-refractivity contribution is 9.10. The van der Waals surface area contributed by atoms with Crippen LogP contribution in [-0.2, 0) is 9.59 Å². The quantitative estimate of drug-likeness (QED) is 0.582. The third kappa shape index (κ3) is 5.18. The largest absolute Gasteiger partial charge is 0.497 e. The number of aliphatic imine (C=N–C) groups is 1. The van der Waals surface area contributed by atoms with Crippen LogP contribution in [-0.4, -0.2) is 73.6 Å². The predicted octanol–water partition coefficient (Wildman–Crippen LogP) is 2.29. The van der Waals surface area contributed by atoms with E-state index in [1.54, 1.807) is 12.0 Å². The highest BCUT2D eigenvalue weighted by Gasteiger charge is 2.42. The number of rotatable bonds is 5. The van der Waals surface area contributed by atoms with Gasteiger partial charge >= 0.3 is 0 Å². The number of hydrogen-bond donors (Lipinski definition) is 2. The van der Waals surface area contributed by atoms with Gasteiger partial charge in [0.1, 0.15) is 11.9 Å². The van der Waals surface area contributed by atoms with Gasteiger partial charge in [0.15, 0.2) is 5.17 Å². The van der Waals surface area contributed by atoms with Gasteiger partial charge in [0.05, 0.1) is 24.5 Å². The summed E-state index contributed by atoms with van der Waals surface area (Å²) in [6, 6.07) is 15.5. The molecular formula is C24H27BrN6O3S. The minimum absolute atomic E-state index is 0.0205. The Morgan fingerprint density at radius 2 is 1.77 bits per heavy atom. The molecule has 3 heterocycles. The molecule has 0 saturated carbocycles. The van der Waals surface area contributed by atoms with Crippen molar-refractivity contribution in [2.24, 2.45) is 10.9 Å². The van der Waals surface area contributed by atoms with Gasteiger partial charge in [-0.1, -0.05) is 27.7 Å². The Bertz CT molecular complexity index is 1110. The molecule has 9 nitrogen and oxygen atoms in total. The number of hydrogen-bond acceptors (Lipinski definition) is 8. The van der Waals surface area contributed by atoms with Crippen LogP contribution in [0.25, 0.3) is 0 Å². The SMILES string of the molecule is COc1ccc(N2CCN(C(=O)CSC3=NC4NNCC4C(=O)N3c3ccc(Br)cc3)CC2)cc1. The first-order valence-electron chi connectivity index (χ1n) is 11.5. The first-order chi connectivity index (χ1) is 17.0. The molecule has 184 valence electrons. The van der Waals surface area contributed by atoms with E-state index in [0.29, 0.717) is 24.8 Å². The zero-order valence-electron chi connectivity index (χ0n) is 19.3. The Balaban J connectivity index is 1.22. The molecule has 5 rings (SSSR count). The molecule has 2 atom stereocenters. The van der Waals surface area contributed by atoms with Gasteiger partial charge in [0.2, 0.25) is 11.8 Å². The van der Waals surface area contributed by atoms with Crippen LogP contribution < -0.4 is 25.4 Å². The van der Waals surface area contributed by atoms with Crippen molar-refractivity contribution in [1.29, 1.82) is 0 Å². The number of methoxy groups -OCH3 is 1. The number of ether oxygens (including phenoxy) is 1. The molecule has 2 fully saturated rings. The van der Waals surface area contributed by atoms with Crippen LogP contribution >= 0.6 is 27.7 Å². The van der Waals surface area contributed by atoms with Crippen molar-refractivity contribution in [3.63, 3.8) is 0 Å². The lowest BCUT2D eigenvalue weighted by atomic mass is 10.0. The summed E-state index contributed by atoms with van der Waals surface area (Å²) < 4.78 is 6.17. The van der Waals surface area contributed by atoms with Gasteiger partial charge < -0.3 is 14.5 Å². The average Bonchev–Trinajstić information content (AvgIpc) is 3.37. The van der Waals surface area contributed by atoms with Gasteiger partial charge in [-0.2, -0.15) is 0 Å². The first-order valence-corrected chi connectivity index (χ1v) is 13.3. The third-order valence-corrected chi connectivity index (χ3v) is 7.88. The Morgan fingerprint density at radius 3 is 2.46 bits per heavy atom. The zero-order valence-corrected chi connectivity index (χ0v) is 21.7. The summed E-state index contributed by atoms with van der Waals surface area (Å²) in [4.78, 5) is 36.9. The van der Waals surface area contributed by atoms with Crippen molar-refractivity contribution in [2.45, 2.75) is 6.17 Å². The fraction of sp³-hybridized carbons (Fsp3) is 0.375. The summed E-state index contributed by atoms with van der Waals surface area (Å²) in [5, 5.41) is 0.542. The number of thioether (sulfide) groups is 1. The number of carbonyl (C=O) groups is 2. The monoisotopic (exact) mass is 558 g/mol. The van der Waals surface area contributed by atoms with Crippen molar-refractivity contribution in [3.05, 3.63) is 53.0 Å². The van der Waals surface area contributed by atoms with Crippen molar-refractivity contribution in [1.82, 2.24) is 15.8 Å². The molecule has 0 bridgehead atoms. The van der Waals surface area contributed by atoms with E-state index >= 15 is 0 Å². The van der Waals surface area contributed by atoms with Crippen LogP contribution in [0, 0.1) is 5.92 Å². The summed E-state index contributed by atoms with van der Waals surface area (Å²) in [5.41, 5.74) is 7.96. The highest BCUT2D eigenvalue weighted by Crippen LogP contribution is 2.30. The number of fused-ring (bicyclic) bond motifs is 1. The minimum atomic E-state index is -0.320. The van der Waals surface area contributed by atoms with Crippen molar-refractivity contribution >= 4 is 56.0 Å². The van der Waals surface area contributed by atoms with E-state index in [-0.39, 0.29) is 29.7 Å². The van der Waals surface area contributed by atoms with Crippen LogP contribution in [0.3, 0.4) is 0 Å². The lowest BCUT2D eigenvalue weighted by Gasteiger charge is -2.36. The van der Waals surface area contributed by atoms with E-state index in [9.17, 15) is 9.59 Å². The Kier molecular flexibility index (Phi) is 7.28. The lowest BCUT2D eigenvalue weighted by molar-refractivity contribution is -0.128. The number of nitrogens with zero attached hydrogens (tertiary/aromatic N) is 4. The normalized spacial score (nSPS) is 22.2. The summed E-state index contributed by atoms with van der Waals surface area (Å²) in [5.74, 6) is 0.815. The molecule has 0 aromatic heterocycles. The van der Waals surface area contributed by atoms with Crippen LogP contribution in [0.15, 0.2) is 58.0 Å². The van der Waals surface area contributed by atoms with E-state index in [2.05, 4.69) is 31.7 Å². The molecule has 2 saturated heterocycles. The molecule has 2 aromatic carbocycles. The van der Waals surface area contributed by atoms with E-state index in [4.69, 9.17) is 9.73 Å². The summed E-state index contributed by atoms with van der Waals surface area (Å²) in [6.45, 7) is 3.38. The lowest BCUT2D eigenvalue weighted by Crippen LogP contribution is -2.51. The van der Waals surface area contributed by atoms with Gasteiger partial charge in [-0.15, -0.1) is 0 Å². The molecule has 2 N–H and O–H groups in total. The third-order valence-electron chi connectivity index (χ3n) is 6.41. The smallest absolute Gasteiger partial charge is 0.241 e. The first kappa shape index (κ1) is 24.1. The maximum atomic E-state index is 13.3. The van der Waals surface area contributed by atoms with E-state index < -0.39 is 0 Å². The molecule has 35 heavy (non-hydrogen) atoms. The minimum Gasteiger partial charge on any atom is -0.497 e. The Hall–Kier alpha value is -2.60. The second-order valence-corrected chi connectivity index (χ2v) is 10.4. The van der Waals surface area contributed by atoms with E-state index in [1.807, 2.05) is 53.4 Å². The second-order valence-electron chi connectivity index (χ2n) is 8.49. The Labute approximate surface area is 217 Å². The van der Waals surface area contributed by atoms with Crippen molar-refractivity contribution in [3.8, 4) is 5.75 Å². The predicted molar refractivity (Wildman–Crippen MR) is 142 cm³/mol. The number of amides is 2. The van der Waals surface area contributed by atoms with Crippen LogP contribution in [0.1, 0.15) is 0 Å². The average molecular weight is 559 g/mol. The number of piperazine rings is 1. The number of anilines is 2. The van der Waals surface area contributed by atoms with Gasteiger partial charge in [-0.3, -0.25) is 19.9 Å². The molecule has 0 spiro atoms. The molecule has 2 unspecified atom stereocenters. The highest BCUT2D eigenvalue weighted by atomic mass is 79.9. The summed E-state index contributed by atoms with van der Waals surface area (Å²) >= 11 is 4.76. The number of benzene rings is 2. The van der Waals surface area contributed by atoms with Gasteiger partial charge in [0, 0.05) is 42.9 Å².